The molecule has 0 saturated carbocycles. The number of nitriles is 1. The Morgan fingerprint density at radius 2 is 1.69 bits per heavy atom. The second kappa shape index (κ2) is 3.86. The second-order valence-corrected chi connectivity index (χ2v) is 5.70. The highest BCUT2D eigenvalue weighted by Crippen LogP contribution is 2.24. The van der Waals surface area contributed by atoms with Crippen molar-refractivity contribution in [2.24, 2.45) is 0 Å². The van der Waals surface area contributed by atoms with Gasteiger partial charge in [0.2, 0.25) is 0 Å². The standard InChI is InChI=1S/C13H19N3/c1-9-7-10(13(5,6)8-14)16-11(15-9)12(2,3)4/h7H,1-6H3. The maximum absolute atomic E-state index is 9.12. The molecule has 16 heavy (non-hydrogen) atoms. The quantitative estimate of drug-likeness (QED) is 0.726. The van der Waals surface area contributed by atoms with Gasteiger partial charge in [0.1, 0.15) is 5.82 Å². The molecule has 0 aliphatic heterocycles. The fourth-order valence-electron chi connectivity index (χ4n) is 1.28. The summed E-state index contributed by atoms with van der Waals surface area (Å²) in [6.45, 7) is 11.9. The van der Waals surface area contributed by atoms with Gasteiger partial charge in [-0.05, 0) is 26.8 Å². The summed E-state index contributed by atoms with van der Waals surface area (Å²) in [5.74, 6) is 0.797. The molecular formula is C13H19N3. The van der Waals surface area contributed by atoms with E-state index < -0.39 is 5.41 Å². The topological polar surface area (TPSA) is 49.6 Å². The lowest BCUT2D eigenvalue weighted by Crippen LogP contribution is -2.23. The molecule has 3 heteroatoms. The summed E-state index contributed by atoms with van der Waals surface area (Å²) in [6.07, 6.45) is 0. The van der Waals surface area contributed by atoms with Crippen molar-refractivity contribution in [3.63, 3.8) is 0 Å². The zero-order valence-corrected chi connectivity index (χ0v) is 10.9. The number of hydrogen-bond acceptors (Lipinski definition) is 3. The Hall–Kier alpha value is -1.43. The lowest BCUT2D eigenvalue weighted by molar-refractivity contribution is 0.528. The van der Waals surface area contributed by atoms with Crippen LogP contribution in [0.1, 0.15) is 51.8 Å². The Morgan fingerprint density at radius 1 is 1.12 bits per heavy atom. The summed E-state index contributed by atoms with van der Waals surface area (Å²) in [7, 11) is 0. The predicted molar refractivity (Wildman–Crippen MR) is 64.1 cm³/mol. The van der Waals surface area contributed by atoms with E-state index in [-0.39, 0.29) is 5.41 Å². The molecule has 1 aromatic heterocycles. The van der Waals surface area contributed by atoms with E-state index in [0.29, 0.717) is 0 Å². The van der Waals surface area contributed by atoms with Crippen LogP contribution in [0.4, 0.5) is 0 Å². The molecule has 0 atom stereocenters. The molecule has 0 spiro atoms. The van der Waals surface area contributed by atoms with Gasteiger partial charge in [0.15, 0.2) is 0 Å². The number of hydrogen-bond donors (Lipinski definition) is 0. The van der Waals surface area contributed by atoms with Gasteiger partial charge in [-0.3, -0.25) is 0 Å². The van der Waals surface area contributed by atoms with E-state index in [9.17, 15) is 0 Å². The first-order valence-electron chi connectivity index (χ1n) is 5.45. The second-order valence-electron chi connectivity index (χ2n) is 5.70. The van der Waals surface area contributed by atoms with E-state index in [1.807, 2.05) is 26.8 Å². The van der Waals surface area contributed by atoms with Crippen LogP contribution in [0.2, 0.25) is 0 Å². The van der Waals surface area contributed by atoms with Crippen LogP contribution in [-0.2, 0) is 10.8 Å². The smallest absolute Gasteiger partial charge is 0.134 e. The van der Waals surface area contributed by atoms with E-state index in [4.69, 9.17) is 5.26 Å². The molecule has 86 valence electrons. The zero-order valence-electron chi connectivity index (χ0n) is 10.9. The fraction of sp³-hybridized carbons (Fsp3) is 0.615. The van der Waals surface area contributed by atoms with Crippen molar-refractivity contribution in [1.82, 2.24) is 9.97 Å². The molecule has 0 unspecified atom stereocenters. The zero-order chi connectivity index (χ0) is 12.6. The third kappa shape index (κ3) is 2.57. The maximum Gasteiger partial charge on any atom is 0.134 e. The molecule has 0 aliphatic rings. The lowest BCUT2D eigenvalue weighted by atomic mass is 9.89. The van der Waals surface area contributed by atoms with Gasteiger partial charge in [0.25, 0.3) is 0 Å². The average molecular weight is 217 g/mol. The third-order valence-electron chi connectivity index (χ3n) is 2.44. The van der Waals surface area contributed by atoms with Crippen LogP contribution in [0.3, 0.4) is 0 Å². The molecule has 0 aromatic carbocycles. The minimum atomic E-state index is -0.562. The van der Waals surface area contributed by atoms with E-state index in [1.54, 1.807) is 0 Å². The van der Waals surface area contributed by atoms with E-state index in [1.165, 1.54) is 0 Å². The average Bonchev–Trinajstić information content (AvgIpc) is 2.15. The molecular weight excluding hydrogens is 198 g/mol. The summed E-state index contributed by atoms with van der Waals surface area (Å²) in [5, 5.41) is 9.12. The molecule has 0 bridgehead atoms. The number of rotatable bonds is 1. The number of aryl methyl sites for hydroxylation is 1. The van der Waals surface area contributed by atoms with Gasteiger partial charge in [-0.1, -0.05) is 20.8 Å². The van der Waals surface area contributed by atoms with Crippen molar-refractivity contribution in [2.75, 3.05) is 0 Å². The van der Waals surface area contributed by atoms with Gasteiger partial charge in [0.05, 0.1) is 17.2 Å². The Bertz CT molecular complexity index is 433. The lowest BCUT2D eigenvalue weighted by Gasteiger charge is -2.21. The number of nitrogens with zero attached hydrogens (tertiary/aromatic N) is 3. The molecule has 0 amide bonds. The molecule has 0 radical (unpaired) electrons. The summed E-state index contributed by atoms with van der Waals surface area (Å²) < 4.78 is 0. The van der Waals surface area contributed by atoms with Crippen LogP contribution >= 0.6 is 0 Å². The monoisotopic (exact) mass is 217 g/mol. The Labute approximate surface area is 97.5 Å². The molecule has 0 saturated heterocycles. The molecule has 3 nitrogen and oxygen atoms in total. The summed E-state index contributed by atoms with van der Waals surface area (Å²) in [5.41, 5.74) is 1.06. The molecule has 0 N–H and O–H groups in total. The Balaban J connectivity index is 3.36. The highest BCUT2D eigenvalue weighted by molar-refractivity contribution is 5.26. The number of aromatic nitrogens is 2. The summed E-state index contributed by atoms with van der Waals surface area (Å²) >= 11 is 0. The third-order valence-corrected chi connectivity index (χ3v) is 2.44. The van der Waals surface area contributed by atoms with Gasteiger partial charge in [0, 0.05) is 11.1 Å². The van der Waals surface area contributed by atoms with Crippen molar-refractivity contribution < 1.29 is 0 Å². The summed E-state index contributed by atoms with van der Waals surface area (Å²) in [4.78, 5) is 8.95. The summed E-state index contributed by atoms with van der Waals surface area (Å²) in [6, 6.07) is 4.16. The normalized spacial score (nSPS) is 12.3. The maximum atomic E-state index is 9.12. The van der Waals surface area contributed by atoms with Gasteiger partial charge in [-0.15, -0.1) is 0 Å². The van der Waals surface area contributed by atoms with Crippen LogP contribution in [0.25, 0.3) is 0 Å². The van der Waals surface area contributed by atoms with Crippen LogP contribution in [0.15, 0.2) is 6.07 Å². The Kier molecular flexibility index (Phi) is 3.05. The molecule has 1 rings (SSSR count). The van der Waals surface area contributed by atoms with Gasteiger partial charge in [-0.2, -0.15) is 5.26 Å². The van der Waals surface area contributed by atoms with Gasteiger partial charge < -0.3 is 0 Å². The van der Waals surface area contributed by atoms with Gasteiger partial charge >= 0.3 is 0 Å². The Morgan fingerprint density at radius 3 is 2.12 bits per heavy atom. The molecule has 1 aromatic rings. The van der Waals surface area contributed by atoms with Crippen molar-refractivity contribution in [3.8, 4) is 6.07 Å². The van der Waals surface area contributed by atoms with Crippen LogP contribution in [-0.4, -0.2) is 9.97 Å². The van der Waals surface area contributed by atoms with Crippen molar-refractivity contribution >= 4 is 0 Å². The van der Waals surface area contributed by atoms with Crippen molar-refractivity contribution in [1.29, 1.82) is 5.26 Å². The highest BCUT2D eigenvalue weighted by atomic mass is 14.9. The van der Waals surface area contributed by atoms with Crippen LogP contribution < -0.4 is 0 Å². The van der Waals surface area contributed by atoms with Gasteiger partial charge in [-0.25, -0.2) is 9.97 Å². The highest BCUT2D eigenvalue weighted by Gasteiger charge is 2.25. The minimum Gasteiger partial charge on any atom is -0.238 e. The van der Waals surface area contributed by atoms with Crippen molar-refractivity contribution in [3.05, 3.63) is 23.3 Å². The first kappa shape index (κ1) is 12.6. The van der Waals surface area contributed by atoms with Crippen LogP contribution in [0.5, 0.6) is 0 Å². The molecule has 1 heterocycles. The SMILES string of the molecule is Cc1cc(C(C)(C)C#N)nc(C(C)(C)C)n1. The fourth-order valence-corrected chi connectivity index (χ4v) is 1.28. The first-order chi connectivity index (χ1) is 7.16. The molecule has 0 aliphatic carbocycles. The largest absolute Gasteiger partial charge is 0.238 e. The van der Waals surface area contributed by atoms with E-state index in [2.05, 4.69) is 36.8 Å². The van der Waals surface area contributed by atoms with Crippen molar-refractivity contribution in [2.45, 2.75) is 52.4 Å². The van der Waals surface area contributed by atoms with Crippen LogP contribution in [0, 0.1) is 18.3 Å². The van der Waals surface area contributed by atoms with E-state index >= 15 is 0 Å². The molecule has 0 fully saturated rings. The minimum absolute atomic E-state index is 0.0910. The first-order valence-corrected chi connectivity index (χ1v) is 5.45. The van der Waals surface area contributed by atoms with E-state index in [0.717, 1.165) is 17.2 Å². The predicted octanol–water partition coefficient (Wildman–Crippen LogP) is 2.88.